The van der Waals surface area contributed by atoms with E-state index in [1.807, 2.05) is 20.8 Å². The highest BCUT2D eigenvalue weighted by Crippen LogP contribution is 2.31. The number of azo groups is 1. The summed E-state index contributed by atoms with van der Waals surface area (Å²) in [5.41, 5.74) is -1.06. The van der Waals surface area contributed by atoms with Gasteiger partial charge in [0.25, 0.3) is 0 Å². The minimum Gasteiger partial charge on any atom is -0.387 e. The number of carbonyl (C=O) groups is 1. The van der Waals surface area contributed by atoms with E-state index in [-0.39, 0.29) is 6.04 Å². The molecule has 0 spiro atoms. The standard InChI is InChI=1S/C18H36N2O2/c1-6-9-10-12-16(11-7-2)13-18(22,8-3)17(14-21)20-19-15(4)5/h14-17,22H,6-13H2,1-5H3. The summed E-state index contributed by atoms with van der Waals surface area (Å²) >= 11 is 0. The molecule has 0 aromatic carbocycles. The lowest BCUT2D eigenvalue weighted by molar-refractivity contribution is -0.116. The van der Waals surface area contributed by atoms with Gasteiger partial charge in [0, 0.05) is 0 Å². The number of hydrogen-bond donors (Lipinski definition) is 1. The molecular weight excluding hydrogens is 276 g/mol. The van der Waals surface area contributed by atoms with E-state index in [4.69, 9.17) is 0 Å². The van der Waals surface area contributed by atoms with Gasteiger partial charge in [-0.2, -0.15) is 10.2 Å². The van der Waals surface area contributed by atoms with Gasteiger partial charge in [-0.1, -0.05) is 59.3 Å². The van der Waals surface area contributed by atoms with E-state index in [9.17, 15) is 9.90 Å². The molecule has 3 unspecified atom stereocenters. The molecule has 3 atom stereocenters. The molecule has 0 fully saturated rings. The highest BCUT2D eigenvalue weighted by Gasteiger charge is 2.37. The third kappa shape index (κ3) is 8.02. The summed E-state index contributed by atoms with van der Waals surface area (Å²) in [4.78, 5) is 11.4. The van der Waals surface area contributed by atoms with Crippen LogP contribution in [0, 0.1) is 5.92 Å². The lowest BCUT2D eigenvalue weighted by Crippen LogP contribution is -2.43. The van der Waals surface area contributed by atoms with Crippen molar-refractivity contribution in [2.45, 2.75) is 104 Å². The molecule has 0 aromatic heterocycles. The zero-order valence-corrected chi connectivity index (χ0v) is 15.2. The van der Waals surface area contributed by atoms with Crippen molar-refractivity contribution in [1.82, 2.24) is 0 Å². The van der Waals surface area contributed by atoms with Crippen molar-refractivity contribution in [1.29, 1.82) is 0 Å². The SMILES string of the molecule is CCCCCC(CCC)CC(O)(CC)C(C=O)N=NC(C)C. The summed E-state index contributed by atoms with van der Waals surface area (Å²) in [5.74, 6) is 0.457. The molecule has 22 heavy (non-hydrogen) atoms. The molecule has 1 N–H and O–H groups in total. The molecule has 0 radical (unpaired) electrons. The summed E-state index contributed by atoms with van der Waals surface area (Å²) in [7, 11) is 0. The summed E-state index contributed by atoms with van der Waals surface area (Å²) in [6, 6.07) is -0.704. The highest BCUT2D eigenvalue weighted by atomic mass is 16.3. The number of unbranched alkanes of at least 4 members (excludes halogenated alkanes) is 2. The molecule has 4 heteroatoms. The largest absolute Gasteiger partial charge is 0.387 e. The molecule has 0 aromatic rings. The van der Waals surface area contributed by atoms with Gasteiger partial charge < -0.3 is 9.90 Å². The lowest BCUT2D eigenvalue weighted by Gasteiger charge is -2.33. The number of nitrogens with zero attached hydrogens (tertiary/aromatic N) is 2. The summed E-state index contributed by atoms with van der Waals surface area (Å²) in [6.07, 6.45) is 8.88. The Kier molecular flexibility index (Phi) is 11.3. The first-order chi connectivity index (χ1) is 10.4. The maximum Gasteiger partial charge on any atom is 0.154 e. The molecule has 0 aliphatic heterocycles. The van der Waals surface area contributed by atoms with Crippen LogP contribution in [0.5, 0.6) is 0 Å². The first-order valence-electron chi connectivity index (χ1n) is 9.01. The van der Waals surface area contributed by atoms with Crippen molar-refractivity contribution in [2.24, 2.45) is 16.1 Å². The van der Waals surface area contributed by atoms with Crippen molar-refractivity contribution in [3.63, 3.8) is 0 Å². The van der Waals surface area contributed by atoms with Gasteiger partial charge in [-0.25, -0.2) is 0 Å². The van der Waals surface area contributed by atoms with Crippen LogP contribution in [0.1, 0.15) is 86.0 Å². The van der Waals surface area contributed by atoms with Gasteiger partial charge >= 0.3 is 0 Å². The van der Waals surface area contributed by atoms with E-state index in [0.29, 0.717) is 18.8 Å². The molecule has 0 saturated carbocycles. The lowest BCUT2D eigenvalue weighted by atomic mass is 9.79. The monoisotopic (exact) mass is 312 g/mol. The number of hydrogen-bond acceptors (Lipinski definition) is 4. The van der Waals surface area contributed by atoms with Gasteiger partial charge in [-0.3, -0.25) is 0 Å². The van der Waals surface area contributed by atoms with Crippen molar-refractivity contribution in [2.75, 3.05) is 0 Å². The van der Waals surface area contributed by atoms with Crippen molar-refractivity contribution < 1.29 is 9.90 Å². The summed E-state index contributed by atoms with van der Waals surface area (Å²) in [5, 5.41) is 19.1. The molecular formula is C18H36N2O2. The molecule has 130 valence electrons. The van der Waals surface area contributed by atoms with Crippen LogP contribution in [0.2, 0.25) is 0 Å². The molecule has 0 rings (SSSR count). The Morgan fingerprint density at radius 3 is 2.18 bits per heavy atom. The third-order valence-electron chi connectivity index (χ3n) is 4.27. The molecule has 0 amide bonds. The summed E-state index contributed by atoms with van der Waals surface area (Å²) < 4.78 is 0. The molecule has 0 aliphatic rings. The van der Waals surface area contributed by atoms with Crippen LogP contribution in [-0.2, 0) is 4.79 Å². The van der Waals surface area contributed by atoms with Gasteiger partial charge in [-0.05, 0) is 32.6 Å². The van der Waals surface area contributed by atoms with Gasteiger partial charge in [0.15, 0.2) is 6.04 Å². The number of aldehydes is 1. The van der Waals surface area contributed by atoms with Crippen LogP contribution in [0.25, 0.3) is 0 Å². The van der Waals surface area contributed by atoms with Crippen LogP contribution in [-0.4, -0.2) is 29.1 Å². The highest BCUT2D eigenvalue weighted by molar-refractivity contribution is 5.60. The molecule has 0 aliphatic carbocycles. The second-order valence-electron chi connectivity index (χ2n) is 6.72. The van der Waals surface area contributed by atoms with Gasteiger partial charge in [0.1, 0.15) is 6.29 Å². The Hall–Kier alpha value is -0.770. The maximum atomic E-state index is 11.4. The van der Waals surface area contributed by atoms with Gasteiger partial charge in [0.05, 0.1) is 11.6 Å². The minimum absolute atomic E-state index is 0.0412. The Labute approximate surface area is 136 Å². The molecule has 0 bridgehead atoms. The first kappa shape index (κ1) is 21.2. The summed E-state index contributed by atoms with van der Waals surface area (Å²) in [6.45, 7) is 10.1. The first-order valence-corrected chi connectivity index (χ1v) is 9.01. The van der Waals surface area contributed by atoms with Crippen LogP contribution in [0.15, 0.2) is 10.2 Å². The predicted molar refractivity (Wildman–Crippen MR) is 92.2 cm³/mol. The topological polar surface area (TPSA) is 62.0 Å². The van der Waals surface area contributed by atoms with Crippen molar-refractivity contribution >= 4 is 6.29 Å². The maximum absolute atomic E-state index is 11.4. The van der Waals surface area contributed by atoms with E-state index in [1.54, 1.807) is 0 Å². The average molecular weight is 312 g/mol. The molecule has 0 heterocycles. The van der Waals surface area contributed by atoms with Crippen molar-refractivity contribution in [3.05, 3.63) is 0 Å². The fourth-order valence-electron chi connectivity index (χ4n) is 2.88. The van der Waals surface area contributed by atoms with Gasteiger partial charge in [0.2, 0.25) is 0 Å². The fourth-order valence-corrected chi connectivity index (χ4v) is 2.88. The minimum atomic E-state index is -1.06. The van der Waals surface area contributed by atoms with E-state index < -0.39 is 11.6 Å². The zero-order chi connectivity index (χ0) is 17.0. The Morgan fingerprint density at radius 2 is 1.73 bits per heavy atom. The second kappa shape index (κ2) is 11.8. The average Bonchev–Trinajstić information content (AvgIpc) is 2.47. The van der Waals surface area contributed by atoms with E-state index in [2.05, 4.69) is 24.1 Å². The smallest absolute Gasteiger partial charge is 0.154 e. The second-order valence-corrected chi connectivity index (χ2v) is 6.72. The van der Waals surface area contributed by atoms with Crippen LogP contribution < -0.4 is 0 Å². The number of carbonyl (C=O) groups excluding carboxylic acids is 1. The fraction of sp³-hybridized carbons (Fsp3) is 0.944. The number of rotatable bonds is 13. The number of aliphatic hydroxyl groups is 1. The zero-order valence-electron chi connectivity index (χ0n) is 15.2. The van der Waals surface area contributed by atoms with E-state index in [0.717, 1.165) is 25.5 Å². The van der Waals surface area contributed by atoms with Crippen molar-refractivity contribution in [3.8, 4) is 0 Å². The predicted octanol–water partition coefficient (Wildman–Crippen LogP) is 4.94. The van der Waals surface area contributed by atoms with Gasteiger partial charge in [-0.15, -0.1) is 0 Å². The Bertz CT molecular complexity index is 318. The van der Waals surface area contributed by atoms with Crippen LogP contribution >= 0.6 is 0 Å². The van der Waals surface area contributed by atoms with Crippen LogP contribution in [0.3, 0.4) is 0 Å². The van der Waals surface area contributed by atoms with E-state index in [1.165, 1.54) is 19.3 Å². The van der Waals surface area contributed by atoms with E-state index >= 15 is 0 Å². The molecule has 4 nitrogen and oxygen atoms in total. The molecule has 0 saturated heterocycles. The Balaban J connectivity index is 4.92. The van der Waals surface area contributed by atoms with Crippen LogP contribution in [0.4, 0.5) is 0 Å². The quantitative estimate of drug-likeness (QED) is 0.297. The normalized spacial score (nSPS) is 17.6. The third-order valence-corrected chi connectivity index (χ3v) is 4.27. The Morgan fingerprint density at radius 1 is 1.05 bits per heavy atom.